The first-order chi connectivity index (χ1) is 9.54. The SMILES string of the molecule is CC(C)Oc1cccc(C(C)NC2CCOC(C)C2)c1. The topological polar surface area (TPSA) is 30.5 Å². The Kier molecular flexibility index (Phi) is 5.44. The standard InChI is InChI=1S/C17H27NO2/c1-12(2)20-17-7-5-6-15(11-17)14(4)18-16-8-9-19-13(3)10-16/h5-7,11-14,16,18H,8-10H2,1-4H3. The summed E-state index contributed by atoms with van der Waals surface area (Å²) in [6.07, 6.45) is 2.76. The third kappa shape index (κ3) is 4.50. The van der Waals surface area contributed by atoms with Gasteiger partial charge in [0.1, 0.15) is 5.75 Å². The van der Waals surface area contributed by atoms with E-state index in [4.69, 9.17) is 9.47 Å². The number of rotatable bonds is 5. The zero-order chi connectivity index (χ0) is 14.5. The summed E-state index contributed by atoms with van der Waals surface area (Å²) in [5.41, 5.74) is 1.28. The van der Waals surface area contributed by atoms with E-state index in [2.05, 4.69) is 51.2 Å². The lowest BCUT2D eigenvalue weighted by atomic mass is 10.0. The molecule has 1 aromatic carbocycles. The van der Waals surface area contributed by atoms with Crippen molar-refractivity contribution in [2.75, 3.05) is 6.61 Å². The van der Waals surface area contributed by atoms with Crippen molar-refractivity contribution in [3.05, 3.63) is 29.8 Å². The number of benzene rings is 1. The van der Waals surface area contributed by atoms with Crippen LogP contribution in [0, 0.1) is 0 Å². The Labute approximate surface area is 122 Å². The van der Waals surface area contributed by atoms with Gasteiger partial charge in [0, 0.05) is 18.7 Å². The monoisotopic (exact) mass is 277 g/mol. The molecule has 0 amide bonds. The summed E-state index contributed by atoms with van der Waals surface area (Å²) in [7, 11) is 0. The molecule has 1 aromatic rings. The summed E-state index contributed by atoms with van der Waals surface area (Å²) in [6, 6.07) is 9.27. The van der Waals surface area contributed by atoms with E-state index in [-0.39, 0.29) is 6.10 Å². The molecule has 3 heteroatoms. The fourth-order valence-corrected chi connectivity index (χ4v) is 2.73. The maximum atomic E-state index is 5.76. The van der Waals surface area contributed by atoms with Crippen molar-refractivity contribution in [3.63, 3.8) is 0 Å². The van der Waals surface area contributed by atoms with Crippen molar-refractivity contribution in [2.24, 2.45) is 0 Å². The molecule has 1 aliphatic rings. The molecule has 0 aliphatic carbocycles. The van der Waals surface area contributed by atoms with Gasteiger partial charge in [-0.1, -0.05) is 12.1 Å². The molecule has 3 unspecified atom stereocenters. The van der Waals surface area contributed by atoms with Crippen LogP contribution in [-0.2, 0) is 4.74 Å². The zero-order valence-electron chi connectivity index (χ0n) is 13.1. The van der Waals surface area contributed by atoms with Crippen molar-refractivity contribution in [2.45, 2.75) is 64.8 Å². The minimum absolute atomic E-state index is 0.213. The molecule has 20 heavy (non-hydrogen) atoms. The van der Waals surface area contributed by atoms with Crippen LogP contribution in [0.5, 0.6) is 5.75 Å². The van der Waals surface area contributed by atoms with Crippen molar-refractivity contribution in [1.82, 2.24) is 5.32 Å². The van der Waals surface area contributed by atoms with E-state index in [1.165, 1.54) is 5.56 Å². The largest absolute Gasteiger partial charge is 0.491 e. The predicted octanol–water partition coefficient (Wildman–Crippen LogP) is 3.69. The second-order valence-corrected chi connectivity index (χ2v) is 6.03. The van der Waals surface area contributed by atoms with E-state index in [0.29, 0.717) is 18.2 Å². The molecular weight excluding hydrogens is 250 g/mol. The Morgan fingerprint density at radius 1 is 1.30 bits per heavy atom. The lowest BCUT2D eigenvalue weighted by Crippen LogP contribution is -2.39. The normalized spacial score (nSPS) is 24.6. The first kappa shape index (κ1) is 15.3. The van der Waals surface area contributed by atoms with Crippen LogP contribution in [-0.4, -0.2) is 24.9 Å². The molecule has 112 valence electrons. The first-order valence-corrected chi connectivity index (χ1v) is 7.69. The van der Waals surface area contributed by atoms with Gasteiger partial charge in [-0.3, -0.25) is 0 Å². The molecule has 1 heterocycles. The van der Waals surface area contributed by atoms with Gasteiger partial charge in [0.2, 0.25) is 0 Å². The van der Waals surface area contributed by atoms with Crippen LogP contribution in [0.25, 0.3) is 0 Å². The van der Waals surface area contributed by atoms with E-state index in [0.717, 1.165) is 25.2 Å². The van der Waals surface area contributed by atoms with E-state index in [1.807, 2.05) is 6.07 Å². The van der Waals surface area contributed by atoms with Crippen molar-refractivity contribution in [3.8, 4) is 5.75 Å². The Balaban J connectivity index is 1.96. The first-order valence-electron chi connectivity index (χ1n) is 7.69. The molecule has 0 bridgehead atoms. The molecule has 0 saturated carbocycles. The number of nitrogens with one attached hydrogen (secondary N) is 1. The van der Waals surface area contributed by atoms with Gasteiger partial charge in [0.05, 0.1) is 12.2 Å². The quantitative estimate of drug-likeness (QED) is 0.890. The fourth-order valence-electron chi connectivity index (χ4n) is 2.73. The molecule has 0 aromatic heterocycles. The second-order valence-electron chi connectivity index (χ2n) is 6.03. The smallest absolute Gasteiger partial charge is 0.120 e. The molecule has 1 saturated heterocycles. The number of ether oxygens (including phenoxy) is 2. The van der Waals surface area contributed by atoms with Gasteiger partial charge in [0.25, 0.3) is 0 Å². The van der Waals surface area contributed by atoms with Crippen LogP contribution in [0.1, 0.15) is 52.1 Å². The van der Waals surface area contributed by atoms with Crippen molar-refractivity contribution in [1.29, 1.82) is 0 Å². The summed E-state index contributed by atoms with van der Waals surface area (Å²) >= 11 is 0. The number of hydrogen-bond acceptors (Lipinski definition) is 3. The van der Waals surface area contributed by atoms with Crippen LogP contribution in [0.4, 0.5) is 0 Å². The van der Waals surface area contributed by atoms with Crippen LogP contribution in [0.2, 0.25) is 0 Å². The highest BCUT2D eigenvalue weighted by molar-refractivity contribution is 5.30. The maximum Gasteiger partial charge on any atom is 0.120 e. The fraction of sp³-hybridized carbons (Fsp3) is 0.647. The summed E-state index contributed by atoms with van der Waals surface area (Å²) in [4.78, 5) is 0. The maximum absolute atomic E-state index is 5.76. The Morgan fingerprint density at radius 3 is 2.80 bits per heavy atom. The highest BCUT2D eigenvalue weighted by Gasteiger charge is 2.21. The highest BCUT2D eigenvalue weighted by atomic mass is 16.5. The molecule has 1 aliphatic heterocycles. The summed E-state index contributed by atoms with van der Waals surface area (Å²) in [6.45, 7) is 9.34. The highest BCUT2D eigenvalue weighted by Crippen LogP contribution is 2.22. The van der Waals surface area contributed by atoms with Gasteiger partial charge in [0.15, 0.2) is 0 Å². The minimum Gasteiger partial charge on any atom is -0.491 e. The van der Waals surface area contributed by atoms with Gasteiger partial charge in [-0.25, -0.2) is 0 Å². The summed E-state index contributed by atoms with van der Waals surface area (Å²) in [5.74, 6) is 0.950. The van der Waals surface area contributed by atoms with E-state index in [9.17, 15) is 0 Å². The van der Waals surface area contributed by atoms with Crippen LogP contribution < -0.4 is 10.1 Å². The van der Waals surface area contributed by atoms with Crippen molar-refractivity contribution < 1.29 is 9.47 Å². The van der Waals surface area contributed by atoms with E-state index < -0.39 is 0 Å². The van der Waals surface area contributed by atoms with Gasteiger partial charge >= 0.3 is 0 Å². The van der Waals surface area contributed by atoms with Gasteiger partial charge < -0.3 is 14.8 Å². The molecule has 0 spiro atoms. The molecular formula is C17H27NO2. The van der Waals surface area contributed by atoms with Gasteiger partial charge in [-0.15, -0.1) is 0 Å². The molecule has 3 atom stereocenters. The summed E-state index contributed by atoms with van der Waals surface area (Å²) < 4.78 is 11.4. The third-order valence-corrected chi connectivity index (χ3v) is 3.70. The van der Waals surface area contributed by atoms with Crippen LogP contribution in [0.15, 0.2) is 24.3 Å². The van der Waals surface area contributed by atoms with Gasteiger partial charge in [-0.05, 0) is 58.2 Å². The second kappa shape index (κ2) is 7.09. The van der Waals surface area contributed by atoms with Crippen LogP contribution in [0.3, 0.4) is 0 Å². The predicted molar refractivity (Wildman–Crippen MR) is 82.2 cm³/mol. The van der Waals surface area contributed by atoms with E-state index in [1.54, 1.807) is 0 Å². The van der Waals surface area contributed by atoms with Crippen LogP contribution >= 0.6 is 0 Å². The molecule has 0 radical (unpaired) electrons. The molecule has 1 fully saturated rings. The Morgan fingerprint density at radius 2 is 2.10 bits per heavy atom. The average Bonchev–Trinajstić information content (AvgIpc) is 2.38. The lowest BCUT2D eigenvalue weighted by molar-refractivity contribution is 0.0116. The average molecular weight is 277 g/mol. The molecule has 3 nitrogen and oxygen atoms in total. The lowest BCUT2D eigenvalue weighted by Gasteiger charge is -2.30. The molecule has 1 N–H and O–H groups in total. The van der Waals surface area contributed by atoms with Gasteiger partial charge in [-0.2, -0.15) is 0 Å². The summed E-state index contributed by atoms with van der Waals surface area (Å²) in [5, 5.41) is 3.71. The van der Waals surface area contributed by atoms with Crippen molar-refractivity contribution >= 4 is 0 Å². The number of hydrogen-bond donors (Lipinski definition) is 1. The minimum atomic E-state index is 0.213. The third-order valence-electron chi connectivity index (χ3n) is 3.70. The Bertz CT molecular complexity index is 419. The van der Waals surface area contributed by atoms with E-state index >= 15 is 0 Å². The Hall–Kier alpha value is -1.06. The molecule has 2 rings (SSSR count). The zero-order valence-corrected chi connectivity index (χ0v) is 13.1.